The standard InChI is InChI=1S/C17H23N3O4/c1-24-14-12(4-3-8-18-14)6-9-19-16(23)20-10-13-5-2-7-17(13,11-20)15(21)22/h3-4,8,13H,2,5-7,9-11H2,1H3,(H,19,23)(H,21,22)/t13-,17+/m0/s1. The van der Waals surface area contributed by atoms with E-state index < -0.39 is 11.4 Å². The quantitative estimate of drug-likeness (QED) is 0.852. The molecule has 1 aliphatic carbocycles. The van der Waals surface area contributed by atoms with Crippen LogP contribution < -0.4 is 10.1 Å². The van der Waals surface area contributed by atoms with E-state index in [-0.39, 0.29) is 11.9 Å². The molecule has 7 nitrogen and oxygen atoms in total. The molecule has 7 heteroatoms. The lowest BCUT2D eigenvalue weighted by Gasteiger charge is -2.23. The first-order chi connectivity index (χ1) is 11.6. The van der Waals surface area contributed by atoms with Gasteiger partial charge in [-0.3, -0.25) is 4.79 Å². The van der Waals surface area contributed by atoms with Crippen molar-refractivity contribution in [3.63, 3.8) is 0 Å². The van der Waals surface area contributed by atoms with Crippen LogP contribution in [0.3, 0.4) is 0 Å². The molecule has 2 heterocycles. The van der Waals surface area contributed by atoms with Crippen LogP contribution in [0.5, 0.6) is 5.88 Å². The first-order valence-corrected chi connectivity index (χ1v) is 8.31. The van der Waals surface area contributed by atoms with Crippen molar-refractivity contribution in [3.8, 4) is 5.88 Å². The van der Waals surface area contributed by atoms with E-state index in [0.29, 0.717) is 38.4 Å². The molecule has 0 spiro atoms. The maximum absolute atomic E-state index is 12.4. The minimum atomic E-state index is -0.764. The fraction of sp³-hybridized carbons (Fsp3) is 0.588. The Bertz CT molecular complexity index is 636. The zero-order chi connectivity index (χ0) is 17.2. The maximum atomic E-state index is 12.4. The highest BCUT2D eigenvalue weighted by Gasteiger charge is 2.55. The smallest absolute Gasteiger partial charge is 0.317 e. The summed E-state index contributed by atoms with van der Waals surface area (Å²) in [6, 6.07) is 3.56. The van der Waals surface area contributed by atoms with Crippen molar-refractivity contribution >= 4 is 12.0 Å². The lowest BCUT2D eigenvalue weighted by atomic mass is 9.81. The third-order valence-corrected chi connectivity index (χ3v) is 5.30. The van der Waals surface area contributed by atoms with Crippen LogP contribution in [0.15, 0.2) is 18.3 Å². The van der Waals surface area contributed by atoms with Crippen molar-refractivity contribution in [1.29, 1.82) is 0 Å². The topological polar surface area (TPSA) is 91.8 Å². The van der Waals surface area contributed by atoms with E-state index in [2.05, 4.69) is 10.3 Å². The highest BCUT2D eigenvalue weighted by atomic mass is 16.5. The van der Waals surface area contributed by atoms with Gasteiger partial charge < -0.3 is 20.1 Å². The Morgan fingerprint density at radius 2 is 2.38 bits per heavy atom. The van der Waals surface area contributed by atoms with Gasteiger partial charge >= 0.3 is 12.0 Å². The Kier molecular flexibility index (Phi) is 4.59. The molecule has 0 radical (unpaired) electrons. The molecule has 2 amide bonds. The molecule has 24 heavy (non-hydrogen) atoms. The number of likely N-dealkylation sites (tertiary alicyclic amines) is 1. The summed E-state index contributed by atoms with van der Waals surface area (Å²) in [4.78, 5) is 29.8. The number of hydrogen-bond acceptors (Lipinski definition) is 4. The minimum absolute atomic E-state index is 0.0826. The fourth-order valence-electron chi connectivity index (χ4n) is 4.01. The summed E-state index contributed by atoms with van der Waals surface area (Å²) in [5.41, 5.74) is 0.199. The molecule has 130 valence electrons. The van der Waals surface area contributed by atoms with Crippen LogP contribution in [0.4, 0.5) is 4.79 Å². The molecule has 1 aliphatic heterocycles. The van der Waals surface area contributed by atoms with Crippen LogP contribution in [0, 0.1) is 11.3 Å². The van der Waals surface area contributed by atoms with E-state index in [1.807, 2.05) is 12.1 Å². The summed E-state index contributed by atoms with van der Waals surface area (Å²) in [6.45, 7) is 1.31. The number of carbonyl (C=O) groups excluding carboxylic acids is 1. The Hall–Kier alpha value is -2.31. The van der Waals surface area contributed by atoms with Crippen LogP contribution in [-0.4, -0.2) is 53.7 Å². The van der Waals surface area contributed by atoms with Gasteiger partial charge in [-0.25, -0.2) is 9.78 Å². The van der Waals surface area contributed by atoms with Gasteiger partial charge in [0.25, 0.3) is 0 Å². The molecular formula is C17H23N3O4. The van der Waals surface area contributed by atoms with Crippen molar-refractivity contribution in [3.05, 3.63) is 23.9 Å². The van der Waals surface area contributed by atoms with Gasteiger partial charge in [-0.15, -0.1) is 0 Å². The van der Waals surface area contributed by atoms with Crippen LogP contribution in [0.25, 0.3) is 0 Å². The van der Waals surface area contributed by atoms with Gasteiger partial charge in [-0.1, -0.05) is 12.5 Å². The number of aromatic nitrogens is 1. The van der Waals surface area contributed by atoms with Gasteiger partial charge in [0.2, 0.25) is 5.88 Å². The predicted octanol–water partition coefficient (Wildman–Crippen LogP) is 1.53. The molecule has 0 unspecified atom stereocenters. The Morgan fingerprint density at radius 1 is 1.54 bits per heavy atom. The molecule has 1 saturated heterocycles. The first kappa shape index (κ1) is 16.5. The second-order valence-electron chi connectivity index (χ2n) is 6.58. The van der Waals surface area contributed by atoms with Gasteiger partial charge in [0.1, 0.15) is 0 Å². The summed E-state index contributed by atoms with van der Waals surface area (Å²) in [5, 5.41) is 12.5. The number of rotatable bonds is 5. The van der Waals surface area contributed by atoms with Crippen LogP contribution in [0.2, 0.25) is 0 Å². The van der Waals surface area contributed by atoms with Gasteiger partial charge in [0, 0.05) is 31.4 Å². The minimum Gasteiger partial charge on any atom is -0.481 e. The number of hydrogen-bond donors (Lipinski definition) is 2. The molecule has 2 N–H and O–H groups in total. The molecule has 0 aromatic carbocycles. The van der Waals surface area contributed by atoms with E-state index in [1.165, 1.54) is 0 Å². The van der Waals surface area contributed by atoms with Crippen LogP contribution in [-0.2, 0) is 11.2 Å². The third kappa shape index (κ3) is 2.90. The number of ether oxygens (including phenoxy) is 1. The lowest BCUT2D eigenvalue weighted by molar-refractivity contribution is -0.149. The second-order valence-corrected chi connectivity index (χ2v) is 6.58. The number of carboxylic acids is 1. The predicted molar refractivity (Wildman–Crippen MR) is 86.9 cm³/mol. The molecule has 2 fully saturated rings. The monoisotopic (exact) mass is 333 g/mol. The molecule has 1 saturated carbocycles. The average molecular weight is 333 g/mol. The number of nitrogens with zero attached hydrogens (tertiary/aromatic N) is 2. The van der Waals surface area contributed by atoms with E-state index >= 15 is 0 Å². The highest BCUT2D eigenvalue weighted by Crippen LogP contribution is 2.48. The van der Waals surface area contributed by atoms with Crippen molar-refractivity contribution < 1.29 is 19.4 Å². The number of methoxy groups -OCH3 is 1. The number of fused-ring (bicyclic) bond motifs is 1. The lowest BCUT2D eigenvalue weighted by Crippen LogP contribution is -2.42. The number of pyridine rings is 1. The Labute approximate surface area is 141 Å². The van der Waals surface area contributed by atoms with E-state index in [9.17, 15) is 14.7 Å². The summed E-state index contributed by atoms with van der Waals surface area (Å²) < 4.78 is 5.19. The number of aliphatic carboxylic acids is 1. The molecule has 0 bridgehead atoms. The molecule has 2 aliphatic rings. The Balaban J connectivity index is 1.54. The zero-order valence-corrected chi connectivity index (χ0v) is 13.8. The molecule has 1 aromatic heterocycles. The molecular weight excluding hydrogens is 310 g/mol. The van der Waals surface area contributed by atoms with Gasteiger partial charge in [-0.05, 0) is 31.2 Å². The molecule has 2 atom stereocenters. The number of urea groups is 1. The number of nitrogens with one attached hydrogen (secondary N) is 1. The van der Waals surface area contributed by atoms with Gasteiger partial charge in [0.15, 0.2) is 0 Å². The third-order valence-electron chi connectivity index (χ3n) is 5.30. The van der Waals surface area contributed by atoms with E-state index in [1.54, 1.807) is 18.2 Å². The highest BCUT2D eigenvalue weighted by molar-refractivity contribution is 5.80. The fourth-order valence-corrected chi connectivity index (χ4v) is 4.01. The largest absolute Gasteiger partial charge is 0.481 e. The summed E-state index contributed by atoms with van der Waals surface area (Å²) >= 11 is 0. The number of amides is 2. The van der Waals surface area contributed by atoms with Crippen LogP contribution in [0.1, 0.15) is 24.8 Å². The van der Waals surface area contributed by atoms with Crippen molar-refractivity contribution in [2.24, 2.45) is 11.3 Å². The Morgan fingerprint density at radius 3 is 3.08 bits per heavy atom. The van der Waals surface area contributed by atoms with Crippen molar-refractivity contribution in [1.82, 2.24) is 15.2 Å². The normalized spacial score (nSPS) is 25.4. The second kappa shape index (κ2) is 6.67. The van der Waals surface area contributed by atoms with Gasteiger partial charge in [-0.2, -0.15) is 0 Å². The van der Waals surface area contributed by atoms with Crippen molar-refractivity contribution in [2.75, 3.05) is 26.7 Å². The SMILES string of the molecule is COc1ncccc1CCNC(=O)N1C[C@@H]2CCC[C@@]2(C(=O)O)C1. The van der Waals surface area contributed by atoms with Crippen LogP contribution >= 0.6 is 0 Å². The van der Waals surface area contributed by atoms with E-state index in [0.717, 1.165) is 18.4 Å². The summed E-state index contributed by atoms with van der Waals surface area (Å²) in [5.74, 6) is -0.119. The summed E-state index contributed by atoms with van der Waals surface area (Å²) in [6.07, 6.45) is 4.78. The first-order valence-electron chi connectivity index (χ1n) is 8.31. The average Bonchev–Trinajstić information content (AvgIpc) is 3.13. The molecule has 1 aromatic rings. The number of carboxylic acid groups (broad SMARTS) is 1. The number of carbonyl (C=O) groups is 2. The molecule has 3 rings (SSSR count). The van der Waals surface area contributed by atoms with Crippen molar-refractivity contribution in [2.45, 2.75) is 25.7 Å². The van der Waals surface area contributed by atoms with E-state index in [4.69, 9.17) is 4.74 Å². The zero-order valence-electron chi connectivity index (χ0n) is 13.8. The maximum Gasteiger partial charge on any atom is 0.317 e. The van der Waals surface area contributed by atoms with Gasteiger partial charge in [0.05, 0.1) is 12.5 Å². The summed E-state index contributed by atoms with van der Waals surface area (Å²) in [7, 11) is 1.57.